The van der Waals surface area contributed by atoms with Gasteiger partial charge in [-0.05, 0) is 18.2 Å². The largest absolute Gasteiger partial charge is 0.508 e. The van der Waals surface area contributed by atoms with Crippen LogP contribution in [-0.2, 0) is 0 Å². The molecule has 82 valence electrons. The molecule has 1 aromatic heterocycles. The van der Waals surface area contributed by atoms with Gasteiger partial charge in [0.05, 0.1) is 25.2 Å². The summed E-state index contributed by atoms with van der Waals surface area (Å²) in [6.07, 6.45) is 2.99. The molecule has 0 unspecified atom stereocenters. The van der Waals surface area contributed by atoms with Crippen molar-refractivity contribution in [2.75, 3.05) is 12.8 Å². The number of nitrogen functional groups attached to an aromatic ring is 1. The van der Waals surface area contributed by atoms with Crippen LogP contribution in [0.4, 0.5) is 5.82 Å². The van der Waals surface area contributed by atoms with E-state index >= 15 is 0 Å². The summed E-state index contributed by atoms with van der Waals surface area (Å²) in [5, 5.41) is 9.42. The fourth-order valence-electron chi connectivity index (χ4n) is 1.37. The van der Waals surface area contributed by atoms with Crippen LogP contribution in [0.25, 0.3) is 11.3 Å². The fraction of sp³-hybridized carbons (Fsp3) is 0.0909. The standard InChI is InChI=1S/C11H11N3O2/c1-16-10-3-2-7(15)4-8(10)9-5-14-11(12)6-13-9/h2-6,15H,1H3,(H2,12,14). The molecule has 5 heteroatoms. The Labute approximate surface area is 92.5 Å². The summed E-state index contributed by atoms with van der Waals surface area (Å²) in [7, 11) is 1.56. The van der Waals surface area contributed by atoms with E-state index in [1.807, 2.05) is 0 Å². The maximum Gasteiger partial charge on any atom is 0.141 e. The second kappa shape index (κ2) is 4.06. The van der Waals surface area contributed by atoms with Crippen molar-refractivity contribution in [2.45, 2.75) is 0 Å². The number of anilines is 1. The Balaban J connectivity index is 2.53. The van der Waals surface area contributed by atoms with E-state index in [1.54, 1.807) is 25.3 Å². The number of hydrogen-bond acceptors (Lipinski definition) is 5. The van der Waals surface area contributed by atoms with Crippen molar-refractivity contribution in [3.05, 3.63) is 30.6 Å². The lowest BCUT2D eigenvalue weighted by Gasteiger charge is -2.07. The molecule has 0 saturated carbocycles. The highest BCUT2D eigenvalue weighted by atomic mass is 16.5. The second-order valence-electron chi connectivity index (χ2n) is 3.21. The van der Waals surface area contributed by atoms with Crippen LogP contribution in [0.2, 0.25) is 0 Å². The minimum atomic E-state index is 0.148. The molecule has 0 spiro atoms. The number of methoxy groups -OCH3 is 1. The molecule has 3 N–H and O–H groups in total. The lowest BCUT2D eigenvalue weighted by molar-refractivity contribution is 0.414. The van der Waals surface area contributed by atoms with Crippen molar-refractivity contribution < 1.29 is 9.84 Å². The van der Waals surface area contributed by atoms with Crippen molar-refractivity contribution >= 4 is 5.82 Å². The smallest absolute Gasteiger partial charge is 0.141 e. The van der Waals surface area contributed by atoms with E-state index in [0.717, 1.165) is 0 Å². The Morgan fingerprint density at radius 3 is 2.69 bits per heavy atom. The number of aromatic nitrogens is 2. The zero-order valence-electron chi connectivity index (χ0n) is 8.71. The third kappa shape index (κ3) is 1.88. The number of nitrogens with two attached hydrogens (primary N) is 1. The zero-order valence-corrected chi connectivity index (χ0v) is 8.71. The number of ether oxygens (including phenoxy) is 1. The monoisotopic (exact) mass is 217 g/mol. The van der Waals surface area contributed by atoms with Crippen LogP contribution in [0.15, 0.2) is 30.6 Å². The Bertz CT molecular complexity index is 497. The molecular formula is C11H11N3O2. The van der Waals surface area contributed by atoms with Gasteiger partial charge in [-0.15, -0.1) is 0 Å². The third-order valence-electron chi connectivity index (χ3n) is 2.13. The van der Waals surface area contributed by atoms with Gasteiger partial charge in [0, 0.05) is 5.56 Å². The topological polar surface area (TPSA) is 81.3 Å². The SMILES string of the molecule is COc1ccc(O)cc1-c1cnc(N)cn1. The molecule has 0 aliphatic rings. The Morgan fingerprint density at radius 2 is 2.06 bits per heavy atom. The molecule has 0 amide bonds. The Kier molecular flexibility index (Phi) is 2.59. The molecule has 0 radical (unpaired) electrons. The summed E-state index contributed by atoms with van der Waals surface area (Å²) in [5.74, 6) is 1.12. The van der Waals surface area contributed by atoms with Crippen LogP contribution in [0, 0.1) is 0 Å². The van der Waals surface area contributed by atoms with Gasteiger partial charge in [-0.25, -0.2) is 4.98 Å². The predicted octanol–water partition coefficient (Wildman–Crippen LogP) is 1.44. The molecule has 2 rings (SSSR count). The second-order valence-corrected chi connectivity index (χ2v) is 3.21. The number of nitrogens with zero attached hydrogens (tertiary/aromatic N) is 2. The van der Waals surface area contributed by atoms with Gasteiger partial charge in [-0.3, -0.25) is 4.98 Å². The van der Waals surface area contributed by atoms with Crippen molar-refractivity contribution in [2.24, 2.45) is 0 Å². The van der Waals surface area contributed by atoms with E-state index in [2.05, 4.69) is 9.97 Å². The zero-order chi connectivity index (χ0) is 11.5. The number of aromatic hydroxyl groups is 1. The molecule has 0 bridgehead atoms. The summed E-state index contributed by atoms with van der Waals surface area (Å²) < 4.78 is 5.17. The fourth-order valence-corrected chi connectivity index (χ4v) is 1.37. The number of rotatable bonds is 2. The highest BCUT2D eigenvalue weighted by molar-refractivity contribution is 5.68. The number of benzene rings is 1. The number of phenols is 1. The Morgan fingerprint density at radius 1 is 1.25 bits per heavy atom. The van der Waals surface area contributed by atoms with E-state index in [-0.39, 0.29) is 5.75 Å². The average molecular weight is 217 g/mol. The van der Waals surface area contributed by atoms with E-state index in [9.17, 15) is 5.11 Å². The molecule has 2 aromatic rings. The van der Waals surface area contributed by atoms with Crippen LogP contribution in [0.1, 0.15) is 0 Å². The molecule has 1 heterocycles. The van der Waals surface area contributed by atoms with Gasteiger partial charge in [0.25, 0.3) is 0 Å². The first-order valence-corrected chi connectivity index (χ1v) is 4.65. The first-order valence-electron chi connectivity index (χ1n) is 4.65. The molecular weight excluding hydrogens is 206 g/mol. The minimum Gasteiger partial charge on any atom is -0.508 e. The predicted molar refractivity (Wildman–Crippen MR) is 60.1 cm³/mol. The first kappa shape index (κ1) is 10.2. The molecule has 16 heavy (non-hydrogen) atoms. The lowest BCUT2D eigenvalue weighted by atomic mass is 10.1. The van der Waals surface area contributed by atoms with Crippen LogP contribution < -0.4 is 10.5 Å². The van der Waals surface area contributed by atoms with Gasteiger partial charge in [-0.1, -0.05) is 0 Å². The number of hydrogen-bond donors (Lipinski definition) is 2. The minimum absolute atomic E-state index is 0.148. The summed E-state index contributed by atoms with van der Waals surface area (Å²) >= 11 is 0. The summed E-state index contributed by atoms with van der Waals surface area (Å²) in [6.45, 7) is 0. The first-order chi connectivity index (χ1) is 7.70. The van der Waals surface area contributed by atoms with Crippen LogP contribution in [0.3, 0.4) is 0 Å². The Hall–Kier alpha value is -2.30. The van der Waals surface area contributed by atoms with Gasteiger partial charge in [0.15, 0.2) is 0 Å². The normalized spacial score (nSPS) is 10.1. The van der Waals surface area contributed by atoms with Gasteiger partial charge in [0.1, 0.15) is 17.3 Å². The van der Waals surface area contributed by atoms with E-state index in [1.165, 1.54) is 12.4 Å². The average Bonchev–Trinajstić information content (AvgIpc) is 2.30. The van der Waals surface area contributed by atoms with Crippen molar-refractivity contribution in [1.82, 2.24) is 9.97 Å². The summed E-state index contributed by atoms with van der Waals surface area (Å²) in [6, 6.07) is 4.79. The van der Waals surface area contributed by atoms with Gasteiger partial charge in [0.2, 0.25) is 0 Å². The maximum absolute atomic E-state index is 9.42. The number of phenolic OH excluding ortho intramolecular Hbond substituents is 1. The third-order valence-corrected chi connectivity index (χ3v) is 2.13. The van der Waals surface area contributed by atoms with Crippen LogP contribution in [-0.4, -0.2) is 22.2 Å². The van der Waals surface area contributed by atoms with E-state index in [0.29, 0.717) is 22.8 Å². The molecule has 0 saturated heterocycles. The van der Waals surface area contributed by atoms with Crippen LogP contribution >= 0.6 is 0 Å². The molecule has 0 aliphatic heterocycles. The van der Waals surface area contributed by atoms with Crippen molar-refractivity contribution in [3.63, 3.8) is 0 Å². The highest BCUT2D eigenvalue weighted by Crippen LogP contribution is 2.31. The molecule has 0 fully saturated rings. The quantitative estimate of drug-likeness (QED) is 0.795. The van der Waals surface area contributed by atoms with Crippen molar-refractivity contribution in [1.29, 1.82) is 0 Å². The maximum atomic E-state index is 9.42. The van der Waals surface area contributed by atoms with Gasteiger partial charge < -0.3 is 15.6 Å². The van der Waals surface area contributed by atoms with E-state index in [4.69, 9.17) is 10.5 Å². The highest BCUT2D eigenvalue weighted by Gasteiger charge is 2.08. The molecule has 0 atom stereocenters. The van der Waals surface area contributed by atoms with E-state index < -0.39 is 0 Å². The lowest BCUT2D eigenvalue weighted by Crippen LogP contribution is -1.94. The van der Waals surface area contributed by atoms with Gasteiger partial charge >= 0.3 is 0 Å². The van der Waals surface area contributed by atoms with Gasteiger partial charge in [-0.2, -0.15) is 0 Å². The molecule has 1 aromatic carbocycles. The van der Waals surface area contributed by atoms with Crippen LogP contribution in [0.5, 0.6) is 11.5 Å². The summed E-state index contributed by atoms with van der Waals surface area (Å²) in [4.78, 5) is 8.06. The molecule has 5 nitrogen and oxygen atoms in total. The summed E-state index contributed by atoms with van der Waals surface area (Å²) in [5.41, 5.74) is 6.73. The van der Waals surface area contributed by atoms with Crippen molar-refractivity contribution in [3.8, 4) is 22.8 Å². The molecule has 0 aliphatic carbocycles.